The third-order valence-electron chi connectivity index (χ3n) is 4.83. The fraction of sp³-hybridized carbons (Fsp3) is 0.381. The number of hydrogen-bond acceptors (Lipinski definition) is 2. The summed E-state index contributed by atoms with van der Waals surface area (Å²) in [6, 6.07) is 18.8. The van der Waals surface area contributed by atoms with Crippen LogP contribution in [0.25, 0.3) is 0 Å². The molecule has 0 amide bonds. The van der Waals surface area contributed by atoms with Crippen LogP contribution in [0.2, 0.25) is 0 Å². The number of rotatable bonds is 7. The van der Waals surface area contributed by atoms with E-state index in [1.54, 1.807) is 0 Å². The summed E-state index contributed by atoms with van der Waals surface area (Å²) >= 11 is 0. The molecule has 2 heteroatoms. The minimum atomic E-state index is 0.609. The highest BCUT2D eigenvalue weighted by Crippen LogP contribution is 2.40. The molecule has 2 atom stereocenters. The molecule has 2 unspecified atom stereocenters. The lowest BCUT2D eigenvalue weighted by molar-refractivity contribution is -0.108. The Labute approximate surface area is 138 Å². The first-order chi connectivity index (χ1) is 11.3. The number of carbonyl (C=O) groups excluding carboxylic acids is 1. The zero-order chi connectivity index (χ0) is 15.9. The first-order valence-corrected chi connectivity index (χ1v) is 8.55. The Balaban J connectivity index is 1.52. The second kappa shape index (κ2) is 7.96. The van der Waals surface area contributed by atoms with Gasteiger partial charge in [0.2, 0.25) is 0 Å². The fourth-order valence-electron chi connectivity index (χ4n) is 3.52. The molecule has 120 valence electrons. The molecular formula is C21H24O2. The second-order valence-corrected chi connectivity index (χ2v) is 6.46. The molecule has 0 N–H and O–H groups in total. The summed E-state index contributed by atoms with van der Waals surface area (Å²) < 4.78 is 5.85. The first-order valence-electron chi connectivity index (χ1n) is 8.55. The van der Waals surface area contributed by atoms with Gasteiger partial charge in [0.15, 0.2) is 0 Å². The van der Waals surface area contributed by atoms with Gasteiger partial charge in [0, 0.05) is 6.42 Å². The van der Waals surface area contributed by atoms with E-state index >= 15 is 0 Å². The molecule has 0 saturated heterocycles. The summed E-state index contributed by atoms with van der Waals surface area (Å²) in [5.41, 5.74) is 2.59. The third kappa shape index (κ3) is 4.44. The van der Waals surface area contributed by atoms with Gasteiger partial charge < -0.3 is 9.53 Å². The molecule has 1 aliphatic rings. The van der Waals surface area contributed by atoms with Crippen molar-refractivity contribution in [1.82, 2.24) is 0 Å². The highest BCUT2D eigenvalue weighted by molar-refractivity contribution is 5.49. The molecule has 2 aromatic carbocycles. The minimum Gasteiger partial charge on any atom is -0.489 e. The van der Waals surface area contributed by atoms with E-state index in [2.05, 4.69) is 36.4 Å². The van der Waals surface area contributed by atoms with E-state index in [0.717, 1.165) is 24.4 Å². The van der Waals surface area contributed by atoms with Crippen molar-refractivity contribution >= 4 is 6.29 Å². The largest absolute Gasteiger partial charge is 0.489 e. The summed E-state index contributed by atoms with van der Waals surface area (Å²) in [7, 11) is 0. The topological polar surface area (TPSA) is 26.3 Å². The number of carbonyl (C=O) groups is 1. The zero-order valence-electron chi connectivity index (χ0n) is 13.5. The SMILES string of the molecule is O=CCCC1CCC(c2ccc(OCc3ccccc3)cc2)C1. The predicted octanol–water partition coefficient (Wildman–Crippen LogP) is 5.13. The molecule has 0 heterocycles. The maximum Gasteiger partial charge on any atom is 0.120 e. The van der Waals surface area contributed by atoms with Gasteiger partial charge in [-0.1, -0.05) is 42.5 Å². The van der Waals surface area contributed by atoms with Crippen molar-refractivity contribution in [2.45, 2.75) is 44.6 Å². The van der Waals surface area contributed by atoms with Gasteiger partial charge in [0.05, 0.1) is 0 Å². The van der Waals surface area contributed by atoms with Gasteiger partial charge in [-0.3, -0.25) is 0 Å². The molecule has 23 heavy (non-hydrogen) atoms. The van der Waals surface area contributed by atoms with E-state index in [-0.39, 0.29) is 0 Å². The molecule has 1 saturated carbocycles. The van der Waals surface area contributed by atoms with Crippen LogP contribution in [-0.4, -0.2) is 6.29 Å². The van der Waals surface area contributed by atoms with Crippen LogP contribution in [0, 0.1) is 5.92 Å². The molecule has 3 rings (SSSR count). The highest BCUT2D eigenvalue weighted by Gasteiger charge is 2.25. The number of benzene rings is 2. The summed E-state index contributed by atoms with van der Waals surface area (Å²) in [4.78, 5) is 10.5. The van der Waals surface area contributed by atoms with E-state index in [0.29, 0.717) is 18.9 Å². The van der Waals surface area contributed by atoms with Crippen molar-refractivity contribution in [3.63, 3.8) is 0 Å². The summed E-state index contributed by atoms with van der Waals surface area (Å²) in [6.07, 6.45) is 6.53. The van der Waals surface area contributed by atoms with E-state index < -0.39 is 0 Å². The molecule has 2 aromatic rings. The molecule has 0 spiro atoms. The van der Waals surface area contributed by atoms with Crippen molar-refractivity contribution in [1.29, 1.82) is 0 Å². The molecule has 0 bridgehead atoms. The Morgan fingerprint density at radius 1 is 1.00 bits per heavy atom. The normalized spacial score (nSPS) is 20.3. The molecule has 0 radical (unpaired) electrons. The van der Waals surface area contributed by atoms with Gasteiger partial charge in [-0.05, 0) is 60.8 Å². The quantitative estimate of drug-likeness (QED) is 0.663. The molecule has 0 aromatic heterocycles. The monoisotopic (exact) mass is 308 g/mol. The van der Waals surface area contributed by atoms with Crippen molar-refractivity contribution in [3.8, 4) is 5.75 Å². The Hall–Kier alpha value is -2.09. The minimum absolute atomic E-state index is 0.609. The Morgan fingerprint density at radius 3 is 2.52 bits per heavy atom. The van der Waals surface area contributed by atoms with Gasteiger partial charge in [-0.15, -0.1) is 0 Å². The van der Waals surface area contributed by atoms with Gasteiger partial charge in [-0.2, -0.15) is 0 Å². The molecule has 1 fully saturated rings. The van der Waals surface area contributed by atoms with Crippen LogP contribution in [0.15, 0.2) is 54.6 Å². The van der Waals surface area contributed by atoms with E-state index in [1.807, 2.05) is 18.2 Å². The summed E-state index contributed by atoms with van der Waals surface area (Å²) in [6.45, 7) is 0.609. The van der Waals surface area contributed by atoms with Crippen molar-refractivity contribution in [3.05, 3.63) is 65.7 Å². The number of hydrogen-bond donors (Lipinski definition) is 0. The van der Waals surface area contributed by atoms with Crippen LogP contribution in [0.5, 0.6) is 5.75 Å². The van der Waals surface area contributed by atoms with Crippen LogP contribution >= 0.6 is 0 Å². The van der Waals surface area contributed by atoms with E-state index in [1.165, 1.54) is 30.4 Å². The van der Waals surface area contributed by atoms with E-state index in [9.17, 15) is 4.79 Å². The van der Waals surface area contributed by atoms with Crippen LogP contribution in [0.4, 0.5) is 0 Å². The van der Waals surface area contributed by atoms with Gasteiger partial charge in [0.1, 0.15) is 18.6 Å². The predicted molar refractivity (Wildman–Crippen MR) is 92.6 cm³/mol. The molecule has 0 aliphatic heterocycles. The maximum absolute atomic E-state index is 10.5. The lowest BCUT2D eigenvalue weighted by Gasteiger charge is -2.12. The van der Waals surface area contributed by atoms with Gasteiger partial charge >= 0.3 is 0 Å². The molecular weight excluding hydrogens is 284 g/mol. The average molecular weight is 308 g/mol. The Bertz CT molecular complexity index is 603. The van der Waals surface area contributed by atoms with Crippen LogP contribution < -0.4 is 4.74 Å². The highest BCUT2D eigenvalue weighted by atomic mass is 16.5. The number of aldehydes is 1. The van der Waals surface area contributed by atoms with Crippen LogP contribution in [0.3, 0.4) is 0 Å². The lowest BCUT2D eigenvalue weighted by Crippen LogP contribution is -1.98. The fourth-order valence-corrected chi connectivity index (χ4v) is 3.52. The van der Waals surface area contributed by atoms with Gasteiger partial charge in [0.25, 0.3) is 0 Å². The summed E-state index contributed by atoms with van der Waals surface area (Å²) in [5, 5.41) is 0. The molecule has 2 nitrogen and oxygen atoms in total. The van der Waals surface area contributed by atoms with Gasteiger partial charge in [-0.25, -0.2) is 0 Å². The lowest BCUT2D eigenvalue weighted by atomic mass is 9.95. The smallest absolute Gasteiger partial charge is 0.120 e. The Morgan fingerprint density at radius 2 is 1.78 bits per heavy atom. The third-order valence-corrected chi connectivity index (χ3v) is 4.83. The standard InChI is InChI=1S/C21H24O2/c22-14-4-7-17-8-9-20(15-17)19-10-12-21(13-11-19)23-16-18-5-2-1-3-6-18/h1-3,5-6,10-14,17,20H,4,7-9,15-16H2. The van der Waals surface area contributed by atoms with E-state index in [4.69, 9.17) is 4.74 Å². The average Bonchev–Trinajstić information content (AvgIpc) is 3.08. The van der Waals surface area contributed by atoms with Crippen LogP contribution in [-0.2, 0) is 11.4 Å². The Kier molecular flexibility index (Phi) is 5.46. The first kappa shape index (κ1) is 15.8. The second-order valence-electron chi connectivity index (χ2n) is 6.46. The maximum atomic E-state index is 10.5. The zero-order valence-corrected chi connectivity index (χ0v) is 13.5. The van der Waals surface area contributed by atoms with Crippen LogP contribution in [0.1, 0.15) is 49.1 Å². The summed E-state index contributed by atoms with van der Waals surface area (Å²) in [5.74, 6) is 2.29. The van der Waals surface area contributed by atoms with Crippen molar-refractivity contribution < 1.29 is 9.53 Å². The number of ether oxygens (including phenoxy) is 1. The van der Waals surface area contributed by atoms with Crippen molar-refractivity contribution in [2.75, 3.05) is 0 Å². The van der Waals surface area contributed by atoms with Crippen molar-refractivity contribution in [2.24, 2.45) is 5.92 Å². The molecule has 1 aliphatic carbocycles.